The van der Waals surface area contributed by atoms with Gasteiger partial charge < -0.3 is 10.0 Å². The number of aromatic hydroxyl groups is 1. The molecule has 0 aromatic heterocycles. The van der Waals surface area contributed by atoms with Crippen molar-refractivity contribution >= 4 is 28.0 Å². The van der Waals surface area contributed by atoms with Gasteiger partial charge in [-0.1, -0.05) is 19.3 Å². The van der Waals surface area contributed by atoms with Gasteiger partial charge in [0, 0.05) is 6.54 Å². The Morgan fingerprint density at radius 3 is 2.68 bits per heavy atom. The summed E-state index contributed by atoms with van der Waals surface area (Å²) in [6, 6.07) is 4.23. The van der Waals surface area contributed by atoms with E-state index >= 15 is 0 Å². The number of halogens is 1. The van der Waals surface area contributed by atoms with E-state index in [1.807, 2.05) is 11.2 Å². The summed E-state index contributed by atoms with van der Waals surface area (Å²) in [5.41, 5.74) is 2.23. The van der Waals surface area contributed by atoms with Crippen molar-refractivity contribution in [3.05, 3.63) is 22.2 Å². The standard InChI is InChI=1S/C15H19BrN2O/c16-13-8-12(11-4-2-1-3-5-11)9-14(15(13)19)18-7-6-17-10-18/h8-11,19H,1-7H2. The van der Waals surface area contributed by atoms with E-state index in [-0.39, 0.29) is 0 Å². The Hall–Kier alpha value is -1.03. The molecule has 1 fully saturated rings. The minimum Gasteiger partial charge on any atom is -0.505 e. The van der Waals surface area contributed by atoms with Crippen LogP contribution in [0, 0.1) is 0 Å². The zero-order valence-corrected chi connectivity index (χ0v) is 12.6. The number of aliphatic imine (C=N–C) groups is 1. The summed E-state index contributed by atoms with van der Waals surface area (Å²) in [6.45, 7) is 1.67. The molecule has 0 atom stereocenters. The fraction of sp³-hybridized carbons (Fsp3) is 0.533. The first-order chi connectivity index (χ1) is 9.25. The van der Waals surface area contributed by atoms with Crippen molar-refractivity contribution < 1.29 is 5.11 Å². The lowest BCUT2D eigenvalue weighted by molar-refractivity contribution is 0.441. The fourth-order valence-corrected chi connectivity index (χ4v) is 3.53. The van der Waals surface area contributed by atoms with E-state index in [0.717, 1.165) is 23.2 Å². The first-order valence-corrected chi connectivity index (χ1v) is 7.84. The van der Waals surface area contributed by atoms with Gasteiger partial charge in [0.25, 0.3) is 0 Å². The zero-order chi connectivity index (χ0) is 13.2. The van der Waals surface area contributed by atoms with Crippen LogP contribution in [-0.4, -0.2) is 24.5 Å². The maximum absolute atomic E-state index is 10.2. The van der Waals surface area contributed by atoms with E-state index in [9.17, 15) is 5.11 Å². The molecule has 0 amide bonds. The third kappa shape index (κ3) is 2.64. The van der Waals surface area contributed by atoms with Gasteiger partial charge in [0.1, 0.15) is 0 Å². The molecule has 3 rings (SSSR count). The van der Waals surface area contributed by atoms with E-state index in [0.29, 0.717) is 11.7 Å². The average Bonchev–Trinajstić information content (AvgIpc) is 2.96. The van der Waals surface area contributed by atoms with Gasteiger partial charge in [-0.3, -0.25) is 4.99 Å². The Labute approximate surface area is 122 Å². The molecular weight excluding hydrogens is 304 g/mol. The molecule has 0 spiro atoms. The van der Waals surface area contributed by atoms with Gasteiger partial charge in [-0.25, -0.2) is 0 Å². The maximum Gasteiger partial charge on any atom is 0.153 e. The van der Waals surface area contributed by atoms with Crippen LogP contribution in [0.2, 0.25) is 0 Å². The number of hydrogen-bond donors (Lipinski definition) is 1. The molecule has 0 radical (unpaired) electrons. The highest BCUT2D eigenvalue weighted by molar-refractivity contribution is 9.10. The van der Waals surface area contributed by atoms with Crippen LogP contribution in [0.15, 0.2) is 21.6 Å². The first kappa shape index (κ1) is 13.0. The molecule has 102 valence electrons. The highest BCUT2D eigenvalue weighted by Gasteiger charge is 2.21. The fourth-order valence-electron chi connectivity index (χ4n) is 3.06. The smallest absolute Gasteiger partial charge is 0.153 e. The number of hydrogen-bond acceptors (Lipinski definition) is 3. The summed E-state index contributed by atoms with van der Waals surface area (Å²) in [7, 11) is 0. The molecule has 0 saturated heterocycles. The normalized spacial score (nSPS) is 20.2. The minimum absolute atomic E-state index is 0.327. The lowest BCUT2D eigenvalue weighted by Crippen LogP contribution is -2.19. The predicted molar refractivity (Wildman–Crippen MR) is 82.3 cm³/mol. The van der Waals surface area contributed by atoms with Crippen LogP contribution >= 0.6 is 15.9 Å². The minimum atomic E-state index is 0.327. The largest absolute Gasteiger partial charge is 0.505 e. The van der Waals surface area contributed by atoms with Gasteiger partial charge >= 0.3 is 0 Å². The molecule has 1 heterocycles. The van der Waals surface area contributed by atoms with Crippen molar-refractivity contribution in [1.29, 1.82) is 0 Å². The zero-order valence-electron chi connectivity index (χ0n) is 11.0. The van der Waals surface area contributed by atoms with Crippen LogP contribution in [-0.2, 0) is 0 Å². The molecule has 3 nitrogen and oxygen atoms in total. The van der Waals surface area contributed by atoms with Gasteiger partial charge in [0.15, 0.2) is 5.75 Å². The average molecular weight is 323 g/mol. The predicted octanol–water partition coefficient (Wildman–Crippen LogP) is 4.05. The second-order valence-corrected chi connectivity index (χ2v) is 6.27. The molecule has 1 aromatic rings. The van der Waals surface area contributed by atoms with Crippen molar-refractivity contribution in [3.8, 4) is 5.75 Å². The molecule has 19 heavy (non-hydrogen) atoms. The van der Waals surface area contributed by atoms with Crippen LogP contribution in [0.5, 0.6) is 5.75 Å². The van der Waals surface area contributed by atoms with E-state index in [1.54, 1.807) is 0 Å². The van der Waals surface area contributed by atoms with Crippen LogP contribution in [0.25, 0.3) is 0 Å². The number of phenolic OH excluding ortho intramolecular Hbond substituents is 1. The topological polar surface area (TPSA) is 35.8 Å². The summed E-state index contributed by atoms with van der Waals surface area (Å²) in [4.78, 5) is 6.26. The molecular formula is C15H19BrN2O. The monoisotopic (exact) mass is 322 g/mol. The van der Waals surface area contributed by atoms with E-state index in [1.165, 1.54) is 37.7 Å². The van der Waals surface area contributed by atoms with Gasteiger partial charge in [-0.05, 0) is 52.4 Å². The number of rotatable bonds is 2. The van der Waals surface area contributed by atoms with Crippen molar-refractivity contribution in [2.75, 3.05) is 18.0 Å². The number of phenols is 1. The Balaban J connectivity index is 1.94. The summed E-state index contributed by atoms with van der Waals surface area (Å²) in [6.07, 6.45) is 8.37. The molecule has 0 unspecified atom stereocenters. The van der Waals surface area contributed by atoms with E-state index < -0.39 is 0 Å². The second kappa shape index (κ2) is 5.53. The molecule has 2 aliphatic rings. The molecule has 0 bridgehead atoms. The highest BCUT2D eigenvalue weighted by Crippen LogP contribution is 2.41. The molecule has 1 N–H and O–H groups in total. The Morgan fingerprint density at radius 1 is 1.21 bits per heavy atom. The highest BCUT2D eigenvalue weighted by atomic mass is 79.9. The van der Waals surface area contributed by atoms with Crippen molar-refractivity contribution in [2.24, 2.45) is 4.99 Å². The Morgan fingerprint density at radius 2 is 2.00 bits per heavy atom. The second-order valence-electron chi connectivity index (χ2n) is 5.42. The quantitative estimate of drug-likeness (QED) is 0.891. The summed E-state index contributed by atoms with van der Waals surface area (Å²) < 4.78 is 0.797. The number of anilines is 1. The third-order valence-electron chi connectivity index (χ3n) is 4.14. The molecule has 1 aliphatic carbocycles. The van der Waals surface area contributed by atoms with E-state index in [4.69, 9.17) is 0 Å². The summed E-state index contributed by atoms with van der Waals surface area (Å²) in [5, 5.41) is 10.2. The van der Waals surface area contributed by atoms with Crippen LogP contribution in [0.4, 0.5) is 5.69 Å². The summed E-state index contributed by atoms with van der Waals surface area (Å²) in [5.74, 6) is 0.969. The van der Waals surface area contributed by atoms with Crippen molar-refractivity contribution in [2.45, 2.75) is 38.0 Å². The molecule has 1 aliphatic heterocycles. The lowest BCUT2D eigenvalue weighted by Gasteiger charge is -2.25. The Kier molecular flexibility index (Phi) is 3.78. The van der Waals surface area contributed by atoms with Crippen molar-refractivity contribution in [3.63, 3.8) is 0 Å². The van der Waals surface area contributed by atoms with E-state index in [2.05, 4.69) is 33.1 Å². The molecule has 1 aromatic carbocycles. The van der Waals surface area contributed by atoms with Gasteiger partial charge in [0.05, 0.1) is 23.0 Å². The van der Waals surface area contributed by atoms with Crippen molar-refractivity contribution in [1.82, 2.24) is 0 Å². The first-order valence-electron chi connectivity index (χ1n) is 7.04. The Bertz CT molecular complexity index is 495. The molecule has 1 saturated carbocycles. The van der Waals surface area contributed by atoms with Crippen LogP contribution in [0.3, 0.4) is 0 Å². The van der Waals surface area contributed by atoms with Crippen LogP contribution in [0.1, 0.15) is 43.6 Å². The van der Waals surface area contributed by atoms with Crippen LogP contribution < -0.4 is 4.90 Å². The maximum atomic E-state index is 10.2. The number of nitrogens with zero attached hydrogens (tertiary/aromatic N) is 2. The van der Waals surface area contributed by atoms with Gasteiger partial charge in [0.2, 0.25) is 0 Å². The lowest BCUT2D eigenvalue weighted by atomic mass is 9.84. The third-order valence-corrected chi connectivity index (χ3v) is 4.75. The number of benzene rings is 1. The SMILES string of the molecule is Oc1c(Br)cc(C2CCCCC2)cc1N1C=NCC1. The van der Waals surface area contributed by atoms with Gasteiger partial charge in [-0.2, -0.15) is 0 Å². The molecule has 4 heteroatoms. The summed E-state index contributed by atoms with van der Waals surface area (Å²) >= 11 is 3.49. The van der Waals surface area contributed by atoms with Gasteiger partial charge in [-0.15, -0.1) is 0 Å².